The molecule has 0 aromatic rings. The minimum absolute atomic E-state index is 0.0130. The molecular formula is C11H22O2. The summed E-state index contributed by atoms with van der Waals surface area (Å²) in [7, 11) is 1.74. The van der Waals surface area contributed by atoms with Crippen LogP contribution in [0.3, 0.4) is 0 Å². The lowest BCUT2D eigenvalue weighted by molar-refractivity contribution is -0.108. The molecule has 0 aliphatic carbocycles. The van der Waals surface area contributed by atoms with E-state index in [1.54, 1.807) is 7.11 Å². The molecule has 0 N–H and O–H groups in total. The molecule has 0 amide bonds. The van der Waals surface area contributed by atoms with Crippen LogP contribution in [-0.2, 0) is 9.53 Å². The number of methoxy groups -OCH3 is 1. The second kappa shape index (κ2) is 6.14. The summed E-state index contributed by atoms with van der Waals surface area (Å²) >= 11 is 0. The van der Waals surface area contributed by atoms with Gasteiger partial charge in [-0.2, -0.15) is 0 Å². The van der Waals surface area contributed by atoms with E-state index < -0.39 is 0 Å². The first-order valence-corrected chi connectivity index (χ1v) is 5.00. The van der Waals surface area contributed by atoms with Crippen LogP contribution in [0.2, 0.25) is 0 Å². The topological polar surface area (TPSA) is 26.3 Å². The van der Waals surface area contributed by atoms with Crippen LogP contribution in [0, 0.1) is 5.92 Å². The summed E-state index contributed by atoms with van der Waals surface area (Å²) in [6.45, 7) is 6.31. The summed E-state index contributed by atoms with van der Waals surface area (Å²) in [5.74, 6) is 0.519. The van der Waals surface area contributed by atoms with Gasteiger partial charge in [-0.3, -0.25) is 0 Å². The Morgan fingerprint density at radius 2 is 2.08 bits per heavy atom. The molecule has 0 saturated carbocycles. The standard InChI is InChI=1S/C11H22O2/c1-10(7-9-12)6-5-8-11(2,3)13-4/h9-10H,5-8H2,1-4H3/t10-/m1/s1. The molecule has 0 aromatic carbocycles. The fraction of sp³-hybridized carbons (Fsp3) is 0.909. The third-order valence-electron chi connectivity index (χ3n) is 2.53. The van der Waals surface area contributed by atoms with Gasteiger partial charge in [-0.05, 0) is 26.2 Å². The number of hydrogen-bond acceptors (Lipinski definition) is 2. The van der Waals surface area contributed by atoms with Gasteiger partial charge in [0.2, 0.25) is 0 Å². The Hall–Kier alpha value is -0.370. The summed E-state index contributed by atoms with van der Waals surface area (Å²) in [6, 6.07) is 0. The van der Waals surface area contributed by atoms with Crippen LogP contribution in [0.4, 0.5) is 0 Å². The lowest BCUT2D eigenvalue weighted by atomic mass is 9.95. The first kappa shape index (κ1) is 12.6. The van der Waals surface area contributed by atoms with Gasteiger partial charge in [0.05, 0.1) is 5.60 Å². The highest BCUT2D eigenvalue weighted by molar-refractivity contribution is 5.49. The van der Waals surface area contributed by atoms with Crippen molar-refractivity contribution in [1.82, 2.24) is 0 Å². The Morgan fingerprint density at radius 1 is 1.46 bits per heavy atom. The molecule has 0 fully saturated rings. The molecule has 0 aliphatic rings. The van der Waals surface area contributed by atoms with E-state index in [0.29, 0.717) is 12.3 Å². The average Bonchev–Trinajstić information content (AvgIpc) is 2.05. The molecule has 0 aliphatic heterocycles. The molecule has 13 heavy (non-hydrogen) atoms. The third kappa shape index (κ3) is 6.76. The van der Waals surface area contributed by atoms with E-state index >= 15 is 0 Å². The zero-order chi connectivity index (χ0) is 10.3. The SMILES string of the molecule is COC(C)(C)CCC[C@@H](C)CC=O. The van der Waals surface area contributed by atoms with Crippen molar-refractivity contribution < 1.29 is 9.53 Å². The fourth-order valence-electron chi connectivity index (χ4n) is 1.26. The van der Waals surface area contributed by atoms with E-state index in [2.05, 4.69) is 20.8 Å². The monoisotopic (exact) mass is 186 g/mol. The number of aldehydes is 1. The molecule has 0 saturated heterocycles. The number of ether oxygens (including phenoxy) is 1. The minimum Gasteiger partial charge on any atom is -0.379 e. The van der Waals surface area contributed by atoms with Crippen molar-refractivity contribution in [3.05, 3.63) is 0 Å². The van der Waals surface area contributed by atoms with Crippen molar-refractivity contribution in [2.75, 3.05) is 7.11 Å². The zero-order valence-electron chi connectivity index (χ0n) is 9.30. The van der Waals surface area contributed by atoms with Crippen LogP contribution < -0.4 is 0 Å². The Labute approximate surface area is 81.7 Å². The molecule has 2 nitrogen and oxygen atoms in total. The maximum absolute atomic E-state index is 10.2. The van der Waals surface area contributed by atoms with Crippen LogP contribution in [0.5, 0.6) is 0 Å². The van der Waals surface area contributed by atoms with Crippen LogP contribution in [0.25, 0.3) is 0 Å². The van der Waals surface area contributed by atoms with Gasteiger partial charge in [-0.25, -0.2) is 0 Å². The van der Waals surface area contributed by atoms with E-state index in [1.165, 1.54) is 0 Å². The zero-order valence-corrected chi connectivity index (χ0v) is 9.30. The number of carbonyl (C=O) groups is 1. The molecule has 1 atom stereocenters. The van der Waals surface area contributed by atoms with Gasteiger partial charge in [0.25, 0.3) is 0 Å². The first-order valence-electron chi connectivity index (χ1n) is 5.00. The molecule has 0 rings (SSSR count). The van der Waals surface area contributed by atoms with Crippen LogP contribution in [-0.4, -0.2) is 19.0 Å². The lowest BCUT2D eigenvalue weighted by Gasteiger charge is -2.23. The van der Waals surface area contributed by atoms with Crippen molar-refractivity contribution in [2.45, 2.75) is 52.1 Å². The fourth-order valence-corrected chi connectivity index (χ4v) is 1.26. The van der Waals surface area contributed by atoms with Crippen LogP contribution in [0.15, 0.2) is 0 Å². The maximum Gasteiger partial charge on any atom is 0.120 e. The molecule has 78 valence electrons. The van der Waals surface area contributed by atoms with Crippen molar-refractivity contribution in [3.8, 4) is 0 Å². The van der Waals surface area contributed by atoms with E-state index in [1.807, 2.05) is 0 Å². The van der Waals surface area contributed by atoms with Crippen molar-refractivity contribution >= 4 is 6.29 Å². The molecule has 0 bridgehead atoms. The number of rotatable bonds is 7. The predicted octanol–water partition coefficient (Wildman–Crippen LogP) is 2.81. The van der Waals surface area contributed by atoms with Crippen LogP contribution >= 0.6 is 0 Å². The molecule has 0 unspecified atom stereocenters. The Balaban J connectivity index is 3.49. The molecule has 0 aromatic heterocycles. The van der Waals surface area contributed by atoms with Crippen LogP contribution in [0.1, 0.15) is 46.5 Å². The smallest absolute Gasteiger partial charge is 0.120 e. The van der Waals surface area contributed by atoms with E-state index in [-0.39, 0.29) is 5.60 Å². The molecule has 0 spiro atoms. The van der Waals surface area contributed by atoms with Gasteiger partial charge in [0.15, 0.2) is 0 Å². The van der Waals surface area contributed by atoms with Crippen molar-refractivity contribution in [1.29, 1.82) is 0 Å². The normalized spacial score (nSPS) is 14.2. The van der Waals surface area contributed by atoms with Gasteiger partial charge in [-0.15, -0.1) is 0 Å². The highest BCUT2D eigenvalue weighted by Crippen LogP contribution is 2.19. The highest BCUT2D eigenvalue weighted by Gasteiger charge is 2.15. The minimum atomic E-state index is -0.0130. The summed E-state index contributed by atoms with van der Waals surface area (Å²) in [4.78, 5) is 10.2. The van der Waals surface area contributed by atoms with Gasteiger partial charge >= 0.3 is 0 Å². The van der Waals surface area contributed by atoms with Crippen molar-refractivity contribution in [2.24, 2.45) is 5.92 Å². The maximum atomic E-state index is 10.2. The lowest BCUT2D eigenvalue weighted by Crippen LogP contribution is -2.22. The molecule has 0 heterocycles. The predicted molar refractivity (Wildman–Crippen MR) is 54.8 cm³/mol. The number of carbonyl (C=O) groups excluding carboxylic acids is 1. The Kier molecular flexibility index (Phi) is 5.97. The van der Waals surface area contributed by atoms with E-state index in [4.69, 9.17) is 4.74 Å². The largest absolute Gasteiger partial charge is 0.379 e. The van der Waals surface area contributed by atoms with E-state index in [9.17, 15) is 4.79 Å². The van der Waals surface area contributed by atoms with Gasteiger partial charge < -0.3 is 9.53 Å². The average molecular weight is 186 g/mol. The van der Waals surface area contributed by atoms with Gasteiger partial charge in [0.1, 0.15) is 6.29 Å². The second-order valence-electron chi connectivity index (χ2n) is 4.36. The van der Waals surface area contributed by atoms with Gasteiger partial charge in [-0.1, -0.05) is 19.8 Å². The van der Waals surface area contributed by atoms with Crippen molar-refractivity contribution in [3.63, 3.8) is 0 Å². The summed E-state index contributed by atoms with van der Waals surface area (Å²) in [5.41, 5.74) is -0.0130. The first-order chi connectivity index (χ1) is 6.02. The molecule has 2 heteroatoms. The van der Waals surface area contributed by atoms with Gasteiger partial charge in [0, 0.05) is 13.5 Å². The summed E-state index contributed by atoms with van der Waals surface area (Å²) < 4.78 is 5.31. The third-order valence-corrected chi connectivity index (χ3v) is 2.53. The second-order valence-corrected chi connectivity index (χ2v) is 4.36. The number of hydrogen-bond donors (Lipinski definition) is 0. The Morgan fingerprint density at radius 3 is 2.54 bits per heavy atom. The quantitative estimate of drug-likeness (QED) is 0.571. The summed E-state index contributed by atoms with van der Waals surface area (Å²) in [5, 5.41) is 0. The Bertz CT molecular complexity index is 141. The summed E-state index contributed by atoms with van der Waals surface area (Å²) in [6.07, 6.45) is 5.01. The van der Waals surface area contributed by atoms with E-state index in [0.717, 1.165) is 25.5 Å². The molecular weight excluding hydrogens is 164 g/mol. The molecule has 0 radical (unpaired) electrons. The highest BCUT2D eigenvalue weighted by atomic mass is 16.5.